The Morgan fingerprint density at radius 3 is 2.29 bits per heavy atom. The molecule has 0 radical (unpaired) electrons. The van der Waals surface area contributed by atoms with Gasteiger partial charge in [-0.2, -0.15) is 0 Å². The van der Waals surface area contributed by atoms with Crippen LogP contribution in [0.15, 0.2) is 83.9 Å². The number of aryl methyl sites for hydroxylation is 2. The fraction of sp³-hybridized carbons (Fsp3) is 0.107. The van der Waals surface area contributed by atoms with E-state index in [0.717, 1.165) is 16.5 Å². The first-order chi connectivity index (χ1) is 18.1. The van der Waals surface area contributed by atoms with Gasteiger partial charge in [0, 0.05) is 22.7 Å². The SMILES string of the molecule is Cc1cc(F)cc(F)c1.Cc1ccccc1SNC(=O)NCc1ncccc1-c1ccc(F)c(C(N)=O)c1. The molecule has 38 heavy (non-hydrogen) atoms. The zero-order valence-corrected chi connectivity index (χ0v) is 21.4. The third kappa shape index (κ3) is 8.10. The molecule has 10 heteroatoms. The summed E-state index contributed by atoms with van der Waals surface area (Å²) < 4.78 is 40.9. The van der Waals surface area contributed by atoms with E-state index in [1.54, 1.807) is 25.3 Å². The number of nitrogens with one attached hydrogen (secondary N) is 2. The van der Waals surface area contributed by atoms with E-state index < -0.39 is 23.4 Å². The summed E-state index contributed by atoms with van der Waals surface area (Å²) in [5.41, 5.74) is 8.52. The van der Waals surface area contributed by atoms with E-state index in [0.29, 0.717) is 22.4 Å². The zero-order chi connectivity index (χ0) is 27.7. The van der Waals surface area contributed by atoms with Gasteiger partial charge in [-0.1, -0.05) is 30.3 Å². The van der Waals surface area contributed by atoms with Gasteiger partial charge in [-0.05, 0) is 78.9 Å². The number of hydrogen-bond donors (Lipinski definition) is 3. The molecule has 0 saturated heterocycles. The van der Waals surface area contributed by atoms with Crippen LogP contribution in [0.2, 0.25) is 0 Å². The summed E-state index contributed by atoms with van der Waals surface area (Å²) in [6, 6.07) is 18.4. The second-order valence-corrected chi connectivity index (χ2v) is 9.00. The summed E-state index contributed by atoms with van der Waals surface area (Å²) in [7, 11) is 0. The fourth-order valence-corrected chi connectivity index (χ4v) is 4.04. The quantitative estimate of drug-likeness (QED) is 0.260. The Morgan fingerprint density at radius 1 is 0.921 bits per heavy atom. The number of rotatable bonds is 6. The van der Waals surface area contributed by atoms with Crippen LogP contribution in [0, 0.1) is 31.3 Å². The molecule has 6 nitrogen and oxygen atoms in total. The van der Waals surface area contributed by atoms with Crippen LogP contribution in [0.1, 0.15) is 27.2 Å². The van der Waals surface area contributed by atoms with Gasteiger partial charge in [0.2, 0.25) is 0 Å². The maximum absolute atomic E-state index is 13.8. The molecule has 196 valence electrons. The van der Waals surface area contributed by atoms with E-state index in [1.807, 2.05) is 31.2 Å². The normalized spacial score (nSPS) is 10.2. The van der Waals surface area contributed by atoms with Crippen molar-refractivity contribution in [1.82, 2.24) is 15.0 Å². The average Bonchev–Trinajstić information content (AvgIpc) is 2.87. The summed E-state index contributed by atoms with van der Waals surface area (Å²) in [6.07, 6.45) is 1.60. The number of urea groups is 1. The number of primary amides is 1. The highest BCUT2D eigenvalue weighted by Crippen LogP contribution is 2.25. The van der Waals surface area contributed by atoms with Gasteiger partial charge in [0.1, 0.15) is 17.5 Å². The van der Waals surface area contributed by atoms with E-state index in [1.165, 1.54) is 42.3 Å². The van der Waals surface area contributed by atoms with Gasteiger partial charge >= 0.3 is 6.03 Å². The summed E-state index contributed by atoms with van der Waals surface area (Å²) in [6.45, 7) is 3.76. The van der Waals surface area contributed by atoms with Crippen molar-refractivity contribution in [1.29, 1.82) is 0 Å². The maximum Gasteiger partial charge on any atom is 0.325 e. The number of carbonyl (C=O) groups excluding carboxylic acids is 2. The average molecular weight is 539 g/mol. The number of pyridine rings is 1. The number of amides is 3. The Kier molecular flexibility index (Phi) is 9.89. The minimum atomic E-state index is -0.847. The fourth-order valence-electron chi connectivity index (χ4n) is 3.39. The first-order valence-corrected chi connectivity index (χ1v) is 12.2. The molecule has 1 aromatic heterocycles. The molecule has 0 bridgehead atoms. The zero-order valence-electron chi connectivity index (χ0n) is 20.6. The van der Waals surface area contributed by atoms with Crippen LogP contribution in [0.3, 0.4) is 0 Å². The number of halogens is 3. The molecule has 0 fully saturated rings. The molecular weight excluding hydrogens is 513 g/mol. The Morgan fingerprint density at radius 2 is 1.63 bits per heavy atom. The second kappa shape index (κ2) is 13.3. The molecule has 0 spiro atoms. The van der Waals surface area contributed by atoms with Crippen molar-refractivity contribution in [2.24, 2.45) is 5.73 Å². The third-order valence-electron chi connectivity index (χ3n) is 5.20. The largest absolute Gasteiger partial charge is 0.366 e. The van der Waals surface area contributed by atoms with Crippen LogP contribution in [-0.4, -0.2) is 16.9 Å². The standard InChI is InChI=1S/C21H19FN4O2S.C7H6F2/c1-13-5-2-3-7-19(13)29-26-21(28)25-12-18-15(6-4-10-24-18)14-8-9-17(22)16(11-14)20(23)27;1-5-2-6(8)4-7(9)3-5/h2-11H,12H2,1H3,(H2,23,27)(H2,25,26,28);2-4H,1H3. The van der Waals surface area contributed by atoms with Gasteiger partial charge in [-0.25, -0.2) is 18.0 Å². The van der Waals surface area contributed by atoms with E-state index in [-0.39, 0.29) is 18.1 Å². The molecule has 4 aromatic rings. The molecule has 0 unspecified atom stereocenters. The molecule has 3 aromatic carbocycles. The Labute approximate surface area is 222 Å². The van der Waals surface area contributed by atoms with Crippen LogP contribution in [0.25, 0.3) is 11.1 Å². The lowest BCUT2D eigenvalue weighted by Crippen LogP contribution is -2.31. The predicted molar refractivity (Wildman–Crippen MR) is 142 cm³/mol. The van der Waals surface area contributed by atoms with Crippen molar-refractivity contribution in [2.75, 3.05) is 0 Å². The molecule has 4 rings (SSSR count). The smallest absolute Gasteiger partial charge is 0.325 e. The second-order valence-electron chi connectivity index (χ2n) is 8.16. The van der Waals surface area contributed by atoms with Gasteiger partial charge in [0.25, 0.3) is 5.91 Å². The Bertz CT molecular complexity index is 1400. The monoisotopic (exact) mass is 538 g/mol. The van der Waals surface area contributed by atoms with E-state index in [2.05, 4.69) is 15.0 Å². The van der Waals surface area contributed by atoms with Gasteiger partial charge in [-0.3, -0.25) is 14.5 Å². The molecular formula is C28H25F3N4O2S. The molecule has 3 amide bonds. The van der Waals surface area contributed by atoms with Crippen molar-refractivity contribution in [3.63, 3.8) is 0 Å². The number of hydrogen-bond acceptors (Lipinski definition) is 4. The highest BCUT2D eigenvalue weighted by atomic mass is 32.2. The molecule has 0 aliphatic carbocycles. The Balaban J connectivity index is 0.000000375. The van der Waals surface area contributed by atoms with Gasteiger partial charge < -0.3 is 11.1 Å². The lowest BCUT2D eigenvalue weighted by molar-refractivity contribution is 0.0996. The maximum atomic E-state index is 13.8. The van der Waals surface area contributed by atoms with Crippen LogP contribution in [0.5, 0.6) is 0 Å². The number of nitrogens with zero attached hydrogens (tertiary/aromatic N) is 1. The summed E-state index contributed by atoms with van der Waals surface area (Å²) in [4.78, 5) is 28.8. The molecule has 0 saturated carbocycles. The number of carbonyl (C=O) groups is 2. The highest BCUT2D eigenvalue weighted by Gasteiger charge is 2.13. The molecule has 4 N–H and O–H groups in total. The summed E-state index contributed by atoms with van der Waals surface area (Å²) >= 11 is 1.22. The van der Waals surface area contributed by atoms with Crippen molar-refractivity contribution < 1.29 is 22.8 Å². The van der Waals surface area contributed by atoms with Crippen LogP contribution in [0.4, 0.5) is 18.0 Å². The van der Waals surface area contributed by atoms with E-state index in [9.17, 15) is 22.8 Å². The lowest BCUT2D eigenvalue weighted by Gasteiger charge is -2.12. The van der Waals surface area contributed by atoms with Crippen molar-refractivity contribution in [3.05, 3.63) is 119 Å². The highest BCUT2D eigenvalue weighted by molar-refractivity contribution is 7.98. The van der Waals surface area contributed by atoms with E-state index >= 15 is 0 Å². The van der Waals surface area contributed by atoms with Gasteiger partial charge in [0.15, 0.2) is 0 Å². The molecule has 1 heterocycles. The number of nitrogens with two attached hydrogens (primary N) is 1. The van der Waals surface area contributed by atoms with Crippen LogP contribution < -0.4 is 15.8 Å². The Hall–Kier alpha value is -4.31. The minimum absolute atomic E-state index is 0.152. The van der Waals surface area contributed by atoms with Crippen molar-refractivity contribution >= 4 is 23.9 Å². The summed E-state index contributed by atoms with van der Waals surface area (Å²) in [5.74, 6) is -2.57. The molecule has 0 atom stereocenters. The first kappa shape index (κ1) is 28.3. The first-order valence-electron chi connectivity index (χ1n) is 11.4. The topological polar surface area (TPSA) is 97.1 Å². The minimum Gasteiger partial charge on any atom is -0.366 e. The predicted octanol–water partition coefficient (Wildman–Crippen LogP) is 6.07. The van der Waals surface area contributed by atoms with Crippen molar-refractivity contribution in [2.45, 2.75) is 25.3 Å². The molecule has 0 aliphatic rings. The summed E-state index contributed by atoms with van der Waals surface area (Å²) in [5, 5.41) is 2.75. The van der Waals surface area contributed by atoms with Gasteiger partial charge in [0.05, 0.1) is 17.8 Å². The lowest BCUT2D eigenvalue weighted by atomic mass is 10.0. The van der Waals surface area contributed by atoms with Crippen LogP contribution >= 0.6 is 11.9 Å². The number of aromatic nitrogens is 1. The molecule has 0 aliphatic heterocycles. The van der Waals surface area contributed by atoms with Gasteiger partial charge in [-0.15, -0.1) is 0 Å². The third-order valence-corrected chi connectivity index (χ3v) is 6.17. The van der Waals surface area contributed by atoms with E-state index in [4.69, 9.17) is 5.73 Å². The number of benzene rings is 3. The van der Waals surface area contributed by atoms with Crippen LogP contribution in [-0.2, 0) is 6.54 Å². The van der Waals surface area contributed by atoms with Crippen molar-refractivity contribution in [3.8, 4) is 11.1 Å².